The van der Waals surface area contributed by atoms with Gasteiger partial charge in [0.05, 0.1) is 5.56 Å². The Balaban J connectivity index is 2.74. The predicted molar refractivity (Wildman–Crippen MR) is 73.8 cm³/mol. The molecular weight excluding hydrogens is 285 g/mol. The molecule has 1 amide bonds. The summed E-state index contributed by atoms with van der Waals surface area (Å²) in [6.07, 6.45) is -4.59. The van der Waals surface area contributed by atoms with E-state index in [2.05, 4.69) is 5.32 Å². The Morgan fingerprint density at radius 3 is 2.48 bits per heavy atom. The molecule has 1 unspecified atom stereocenters. The number of carbonyl (C=O) groups is 1. The number of nitrogens with two attached hydrogens (primary N) is 1. The minimum atomic E-state index is -4.59. The fourth-order valence-corrected chi connectivity index (χ4v) is 1.50. The van der Waals surface area contributed by atoms with Gasteiger partial charge in [-0.25, -0.2) is 0 Å². The minimum Gasteiger partial charge on any atom is -0.483 e. The van der Waals surface area contributed by atoms with Crippen molar-refractivity contribution in [3.8, 4) is 5.75 Å². The zero-order valence-electron chi connectivity index (χ0n) is 12.1. The third-order valence-corrected chi connectivity index (χ3v) is 3.06. The number of anilines is 1. The number of hydrogen-bond acceptors (Lipinski definition) is 3. The second-order valence-electron chi connectivity index (χ2n) is 5.14. The summed E-state index contributed by atoms with van der Waals surface area (Å²) in [6.45, 7) is 5.18. The maximum absolute atomic E-state index is 12.8. The molecule has 1 atom stereocenters. The molecule has 0 bridgehead atoms. The van der Waals surface area contributed by atoms with Gasteiger partial charge in [-0.15, -0.1) is 0 Å². The van der Waals surface area contributed by atoms with Crippen molar-refractivity contribution in [1.82, 2.24) is 5.32 Å². The number of amides is 1. The minimum absolute atomic E-state index is 0.0208. The molecule has 0 radical (unpaired) electrons. The first-order valence-corrected chi connectivity index (χ1v) is 6.50. The van der Waals surface area contributed by atoms with Crippen molar-refractivity contribution >= 4 is 11.6 Å². The molecule has 0 aliphatic rings. The highest BCUT2D eigenvalue weighted by molar-refractivity contribution is 5.77. The lowest BCUT2D eigenvalue weighted by molar-refractivity contribution is -0.139. The maximum Gasteiger partial charge on any atom is 0.420 e. The zero-order valence-corrected chi connectivity index (χ0v) is 12.1. The van der Waals surface area contributed by atoms with Crippen LogP contribution >= 0.6 is 0 Å². The number of rotatable bonds is 5. The van der Waals surface area contributed by atoms with E-state index in [9.17, 15) is 18.0 Å². The van der Waals surface area contributed by atoms with Gasteiger partial charge in [-0.1, -0.05) is 13.8 Å². The van der Waals surface area contributed by atoms with Crippen LogP contribution in [0, 0.1) is 5.92 Å². The Labute approximate surface area is 121 Å². The van der Waals surface area contributed by atoms with E-state index in [1.54, 1.807) is 0 Å². The number of benzene rings is 1. The topological polar surface area (TPSA) is 64.3 Å². The van der Waals surface area contributed by atoms with Crippen LogP contribution in [0.2, 0.25) is 0 Å². The molecule has 1 rings (SSSR count). The van der Waals surface area contributed by atoms with Crippen LogP contribution in [-0.4, -0.2) is 18.6 Å². The fraction of sp³-hybridized carbons (Fsp3) is 0.500. The summed E-state index contributed by atoms with van der Waals surface area (Å²) < 4.78 is 43.5. The summed E-state index contributed by atoms with van der Waals surface area (Å²) in [6, 6.07) is 3.09. The molecular formula is C14H19F3N2O2. The standard InChI is InChI=1S/C14H19F3N2O2/c1-8(2)9(3)19-13(20)7-21-12-5-4-10(18)6-11(12)14(15,16)17/h4-6,8-9H,7,18H2,1-3H3,(H,19,20). The molecule has 0 aliphatic heterocycles. The van der Waals surface area contributed by atoms with Gasteiger partial charge in [-0.2, -0.15) is 13.2 Å². The summed E-state index contributed by atoms with van der Waals surface area (Å²) in [5, 5.41) is 2.65. The molecule has 7 heteroatoms. The molecule has 1 aromatic carbocycles. The molecule has 4 nitrogen and oxygen atoms in total. The lowest BCUT2D eigenvalue weighted by Gasteiger charge is -2.18. The summed E-state index contributed by atoms with van der Waals surface area (Å²) in [4.78, 5) is 11.6. The average Bonchev–Trinajstić information content (AvgIpc) is 2.35. The van der Waals surface area contributed by atoms with Crippen LogP contribution in [0.15, 0.2) is 18.2 Å². The number of carbonyl (C=O) groups excluding carboxylic acids is 1. The van der Waals surface area contributed by atoms with Crippen molar-refractivity contribution in [1.29, 1.82) is 0 Å². The second kappa shape index (κ2) is 6.69. The van der Waals surface area contributed by atoms with E-state index in [4.69, 9.17) is 10.5 Å². The number of alkyl halides is 3. The summed E-state index contributed by atoms with van der Waals surface area (Å²) in [5.41, 5.74) is 4.33. The van der Waals surface area contributed by atoms with E-state index >= 15 is 0 Å². The third kappa shape index (κ3) is 5.17. The van der Waals surface area contributed by atoms with E-state index in [0.717, 1.165) is 12.1 Å². The third-order valence-electron chi connectivity index (χ3n) is 3.06. The average molecular weight is 304 g/mol. The first-order chi connectivity index (χ1) is 9.61. The Bertz CT molecular complexity index is 501. The molecule has 0 fully saturated rings. The highest BCUT2D eigenvalue weighted by Crippen LogP contribution is 2.37. The SMILES string of the molecule is CC(C)C(C)NC(=O)COc1ccc(N)cc1C(F)(F)F. The Morgan fingerprint density at radius 1 is 1.33 bits per heavy atom. The molecule has 0 heterocycles. The number of halogens is 3. The van der Waals surface area contributed by atoms with E-state index in [-0.39, 0.29) is 17.6 Å². The Hall–Kier alpha value is -1.92. The summed E-state index contributed by atoms with van der Waals surface area (Å²) >= 11 is 0. The van der Waals surface area contributed by atoms with Crippen molar-refractivity contribution in [2.45, 2.75) is 33.0 Å². The molecule has 0 saturated heterocycles. The first kappa shape index (κ1) is 17.1. The van der Waals surface area contributed by atoms with Crippen molar-refractivity contribution in [2.24, 2.45) is 5.92 Å². The quantitative estimate of drug-likeness (QED) is 0.822. The fourth-order valence-electron chi connectivity index (χ4n) is 1.50. The van der Waals surface area contributed by atoms with E-state index in [1.165, 1.54) is 6.07 Å². The van der Waals surface area contributed by atoms with Crippen molar-refractivity contribution in [3.05, 3.63) is 23.8 Å². The van der Waals surface area contributed by atoms with E-state index in [1.807, 2.05) is 20.8 Å². The van der Waals surface area contributed by atoms with Crippen LogP contribution in [0.1, 0.15) is 26.3 Å². The summed E-state index contributed by atoms with van der Waals surface area (Å²) in [5.74, 6) is -0.665. The monoisotopic (exact) mass is 304 g/mol. The highest BCUT2D eigenvalue weighted by atomic mass is 19.4. The zero-order chi connectivity index (χ0) is 16.2. The van der Waals surface area contributed by atoms with Crippen LogP contribution in [0.4, 0.5) is 18.9 Å². The first-order valence-electron chi connectivity index (χ1n) is 6.50. The lowest BCUT2D eigenvalue weighted by atomic mass is 10.1. The van der Waals surface area contributed by atoms with Gasteiger partial charge in [0.1, 0.15) is 5.75 Å². The number of nitrogen functional groups attached to an aromatic ring is 1. The highest BCUT2D eigenvalue weighted by Gasteiger charge is 2.34. The molecule has 0 spiro atoms. The van der Waals surface area contributed by atoms with Gasteiger partial charge in [-0.05, 0) is 31.0 Å². The summed E-state index contributed by atoms with van der Waals surface area (Å²) in [7, 11) is 0. The van der Waals surface area contributed by atoms with Gasteiger partial charge in [0.15, 0.2) is 6.61 Å². The van der Waals surface area contributed by atoms with Gasteiger partial charge in [-0.3, -0.25) is 4.79 Å². The number of nitrogens with one attached hydrogen (secondary N) is 1. The van der Waals surface area contributed by atoms with Crippen molar-refractivity contribution < 1.29 is 22.7 Å². The largest absolute Gasteiger partial charge is 0.483 e. The van der Waals surface area contributed by atoms with Crippen LogP contribution in [0.25, 0.3) is 0 Å². The van der Waals surface area contributed by atoms with Crippen molar-refractivity contribution in [2.75, 3.05) is 12.3 Å². The molecule has 1 aromatic rings. The Morgan fingerprint density at radius 2 is 1.95 bits per heavy atom. The molecule has 0 saturated carbocycles. The van der Waals surface area contributed by atoms with Gasteiger partial charge < -0.3 is 15.8 Å². The second-order valence-corrected chi connectivity index (χ2v) is 5.14. The number of ether oxygens (including phenoxy) is 1. The van der Waals surface area contributed by atoms with E-state index in [0.29, 0.717) is 0 Å². The number of hydrogen-bond donors (Lipinski definition) is 2. The smallest absolute Gasteiger partial charge is 0.420 e. The Kier molecular flexibility index (Phi) is 5.46. The van der Waals surface area contributed by atoms with Crippen LogP contribution in [-0.2, 0) is 11.0 Å². The van der Waals surface area contributed by atoms with Crippen LogP contribution in [0.3, 0.4) is 0 Å². The lowest BCUT2D eigenvalue weighted by Crippen LogP contribution is -2.39. The van der Waals surface area contributed by atoms with Gasteiger partial charge in [0.25, 0.3) is 5.91 Å². The van der Waals surface area contributed by atoms with E-state index < -0.39 is 30.0 Å². The van der Waals surface area contributed by atoms with Gasteiger partial charge >= 0.3 is 6.18 Å². The van der Waals surface area contributed by atoms with Crippen LogP contribution in [0.5, 0.6) is 5.75 Å². The molecule has 3 N–H and O–H groups in total. The normalized spacial score (nSPS) is 13.1. The molecule has 0 aliphatic carbocycles. The van der Waals surface area contributed by atoms with Gasteiger partial charge in [0.2, 0.25) is 0 Å². The maximum atomic E-state index is 12.8. The molecule has 0 aromatic heterocycles. The van der Waals surface area contributed by atoms with Crippen molar-refractivity contribution in [3.63, 3.8) is 0 Å². The predicted octanol–water partition coefficient (Wildman–Crippen LogP) is 2.83. The molecule has 21 heavy (non-hydrogen) atoms. The molecule has 118 valence electrons. The van der Waals surface area contributed by atoms with Crippen LogP contribution < -0.4 is 15.8 Å². The van der Waals surface area contributed by atoms with Gasteiger partial charge in [0, 0.05) is 11.7 Å².